The van der Waals surface area contributed by atoms with Crippen LogP contribution in [-0.4, -0.2) is 44.3 Å². The third-order valence-electron chi connectivity index (χ3n) is 5.29. The molecule has 0 unspecified atom stereocenters. The van der Waals surface area contributed by atoms with E-state index in [1.807, 2.05) is 41.8 Å². The lowest BCUT2D eigenvalue weighted by Crippen LogP contribution is -2.36. The van der Waals surface area contributed by atoms with Gasteiger partial charge >= 0.3 is 0 Å². The molecule has 2 aliphatic rings. The minimum Gasteiger partial charge on any atom is -0.369 e. The molecule has 0 aromatic carbocycles. The van der Waals surface area contributed by atoms with Crippen molar-refractivity contribution in [2.75, 3.05) is 6.54 Å². The molecule has 1 saturated carbocycles. The van der Waals surface area contributed by atoms with Gasteiger partial charge < -0.3 is 9.64 Å². The lowest BCUT2D eigenvalue weighted by atomic mass is 9.99. The van der Waals surface area contributed by atoms with Gasteiger partial charge in [-0.1, -0.05) is 6.07 Å². The van der Waals surface area contributed by atoms with Crippen LogP contribution in [0.1, 0.15) is 60.2 Å². The van der Waals surface area contributed by atoms with E-state index in [0.717, 1.165) is 42.6 Å². The van der Waals surface area contributed by atoms with Crippen molar-refractivity contribution in [1.29, 1.82) is 0 Å². The lowest BCUT2D eigenvalue weighted by molar-refractivity contribution is -0.00906. The van der Waals surface area contributed by atoms with Gasteiger partial charge in [0.05, 0.1) is 17.9 Å². The highest BCUT2D eigenvalue weighted by molar-refractivity contribution is 5.94. The molecule has 1 fully saturated rings. The maximum absolute atomic E-state index is 13.3. The van der Waals surface area contributed by atoms with Crippen LogP contribution in [0, 0.1) is 0 Å². The van der Waals surface area contributed by atoms with Crippen molar-refractivity contribution < 1.29 is 9.53 Å². The van der Waals surface area contributed by atoms with Crippen LogP contribution in [0.25, 0.3) is 0 Å². The summed E-state index contributed by atoms with van der Waals surface area (Å²) in [5.74, 6) is 0.0570. The monoisotopic (exact) mass is 354 g/mol. The van der Waals surface area contributed by atoms with Gasteiger partial charge in [-0.25, -0.2) is 0 Å². The Morgan fingerprint density at radius 2 is 2.15 bits per heavy atom. The number of carbonyl (C=O) groups excluding carboxylic acids is 1. The lowest BCUT2D eigenvalue weighted by Gasteiger charge is -2.27. The summed E-state index contributed by atoms with van der Waals surface area (Å²) < 4.78 is 7.74. The van der Waals surface area contributed by atoms with Crippen LogP contribution >= 0.6 is 0 Å². The molecule has 2 aromatic heterocycles. The fourth-order valence-electron chi connectivity index (χ4n) is 3.96. The Labute approximate surface area is 154 Å². The fourth-order valence-corrected chi connectivity index (χ4v) is 3.96. The zero-order chi connectivity index (χ0) is 18.3. The highest BCUT2D eigenvalue weighted by atomic mass is 16.5. The van der Waals surface area contributed by atoms with E-state index >= 15 is 0 Å². The Morgan fingerprint density at radius 3 is 2.85 bits per heavy atom. The Balaban J connectivity index is 1.58. The van der Waals surface area contributed by atoms with E-state index in [-0.39, 0.29) is 18.1 Å². The van der Waals surface area contributed by atoms with E-state index in [0.29, 0.717) is 18.3 Å². The molecule has 1 amide bonds. The van der Waals surface area contributed by atoms with Crippen molar-refractivity contribution in [3.63, 3.8) is 0 Å². The first-order valence-electron chi connectivity index (χ1n) is 9.46. The van der Waals surface area contributed by atoms with Crippen LogP contribution in [0.3, 0.4) is 0 Å². The molecule has 0 spiro atoms. The molecule has 1 aliphatic heterocycles. The summed E-state index contributed by atoms with van der Waals surface area (Å²) in [6.07, 6.45) is 5.56. The van der Waals surface area contributed by atoms with Crippen LogP contribution in [0.4, 0.5) is 0 Å². The van der Waals surface area contributed by atoms with Crippen LogP contribution in [-0.2, 0) is 24.6 Å². The summed E-state index contributed by atoms with van der Waals surface area (Å²) in [7, 11) is 1.90. The fraction of sp³-hybridized carbons (Fsp3) is 0.550. The molecule has 26 heavy (non-hydrogen) atoms. The minimum atomic E-state index is -0.0318. The molecule has 1 aliphatic carbocycles. The summed E-state index contributed by atoms with van der Waals surface area (Å²) in [5.41, 5.74) is 3.72. The first kappa shape index (κ1) is 17.2. The normalized spacial score (nSPS) is 22.1. The smallest absolute Gasteiger partial charge is 0.274 e. The number of ether oxygens (including phenoxy) is 1. The van der Waals surface area contributed by atoms with Gasteiger partial charge in [-0.2, -0.15) is 5.10 Å². The number of rotatable bonds is 5. The highest BCUT2D eigenvalue weighted by Gasteiger charge is 2.37. The first-order valence-corrected chi connectivity index (χ1v) is 9.46. The molecule has 3 heterocycles. The van der Waals surface area contributed by atoms with Gasteiger partial charge in [-0.05, 0) is 38.8 Å². The average molecular weight is 354 g/mol. The van der Waals surface area contributed by atoms with E-state index in [9.17, 15) is 4.79 Å². The second kappa shape index (κ2) is 6.83. The third-order valence-corrected chi connectivity index (χ3v) is 5.29. The number of pyridine rings is 1. The molecule has 4 rings (SSSR count). The maximum Gasteiger partial charge on any atom is 0.274 e. The van der Waals surface area contributed by atoms with Crippen molar-refractivity contribution >= 4 is 5.91 Å². The van der Waals surface area contributed by atoms with Crippen molar-refractivity contribution in [1.82, 2.24) is 19.7 Å². The molecule has 2 aromatic rings. The molecular weight excluding hydrogens is 328 g/mol. The zero-order valence-electron chi connectivity index (χ0n) is 15.7. The Bertz CT molecular complexity index is 798. The molecule has 138 valence electrons. The molecule has 6 heteroatoms. The topological polar surface area (TPSA) is 60.2 Å². The number of aromatic nitrogens is 3. The van der Waals surface area contributed by atoms with E-state index in [4.69, 9.17) is 4.74 Å². The van der Waals surface area contributed by atoms with E-state index in [1.165, 1.54) is 0 Å². The summed E-state index contributed by atoms with van der Waals surface area (Å²) in [6.45, 7) is 4.78. The Morgan fingerprint density at radius 1 is 1.35 bits per heavy atom. The van der Waals surface area contributed by atoms with Gasteiger partial charge in [0.1, 0.15) is 0 Å². The van der Waals surface area contributed by atoms with E-state index in [2.05, 4.69) is 17.0 Å². The van der Waals surface area contributed by atoms with Crippen molar-refractivity contribution in [3.8, 4) is 0 Å². The molecule has 0 N–H and O–H groups in total. The second-order valence-corrected chi connectivity index (χ2v) is 7.43. The van der Waals surface area contributed by atoms with Gasteiger partial charge in [-0.15, -0.1) is 0 Å². The van der Waals surface area contributed by atoms with Gasteiger partial charge in [0, 0.05) is 49.9 Å². The summed E-state index contributed by atoms with van der Waals surface area (Å²) >= 11 is 0. The first-order chi connectivity index (χ1) is 12.5. The molecule has 2 atom stereocenters. The molecule has 0 radical (unpaired) electrons. The van der Waals surface area contributed by atoms with Crippen LogP contribution in [0.15, 0.2) is 24.4 Å². The van der Waals surface area contributed by atoms with Gasteiger partial charge in [0.2, 0.25) is 0 Å². The number of carbonyl (C=O) groups is 1. The quantitative estimate of drug-likeness (QED) is 0.828. The number of amides is 1. The summed E-state index contributed by atoms with van der Waals surface area (Å²) in [6, 6.07) is 6.26. The van der Waals surface area contributed by atoms with Gasteiger partial charge in [-0.3, -0.25) is 14.5 Å². The third kappa shape index (κ3) is 3.26. The number of hydrogen-bond donors (Lipinski definition) is 0. The van der Waals surface area contributed by atoms with Gasteiger partial charge in [0.25, 0.3) is 5.91 Å². The Kier molecular flexibility index (Phi) is 4.53. The number of fused-ring (bicyclic) bond motifs is 1. The van der Waals surface area contributed by atoms with Crippen LogP contribution in [0.5, 0.6) is 0 Å². The molecule has 6 nitrogen and oxygen atoms in total. The average Bonchev–Trinajstić information content (AvgIpc) is 3.39. The van der Waals surface area contributed by atoms with E-state index in [1.54, 1.807) is 6.20 Å². The standard InChI is InChI=1S/C20H26N4O2/c1-13-12-17-18(22-23(3)19(17)14(2)26-13)20(25)24(16-7-8-16)11-9-15-6-4-5-10-21-15/h4-6,10,13-14,16H,7-9,11-12H2,1-3H3/t13-,14+/m1/s1. The second-order valence-electron chi connectivity index (χ2n) is 7.43. The van der Waals surface area contributed by atoms with Crippen molar-refractivity contribution in [3.05, 3.63) is 47.0 Å². The molecule has 0 bridgehead atoms. The van der Waals surface area contributed by atoms with Crippen molar-refractivity contribution in [2.45, 2.75) is 57.8 Å². The molecule has 0 saturated heterocycles. The van der Waals surface area contributed by atoms with Crippen LogP contribution in [0.2, 0.25) is 0 Å². The summed E-state index contributed by atoms with van der Waals surface area (Å²) in [5, 5.41) is 4.59. The SMILES string of the molecule is C[C@@H]1Cc2c(C(=O)N(CCc3ccccn3)C3CC3)nn(C)c2[C@H](C)O1. The predicted octanol–water partition coefficient (Wildman–Crippen LogP) is 2.68. The van der Waals surface area contributed by atoms with Crippen LogP contribution < -0.4 is 0 Å². The maximum atomic E-state index is 13.3. The predicted molar refractivity (Wildman–Crippen MR) is 97.9 cm³/mol. The zero-order valence-corrected chi connectivity index (χ0v) is 15.7. The summed E-state index contributed by atoms with van der Waals surface area (Å²) in [4.78, 5) is 19.7. The number of nitrogens with zero attached hydrogens (tertiary/aromatic N) is 4. The van der Waals surface area contributed by atoms with E-state index < -0.39 is 0 Å². The molecular formula is C20H26N4O2. The Hall–Kier alpha value is -2.21. The minimum absolute atomic E-state index is 0.0318. The van der Waals surface area contributed by atoms with Crippen molar-refractivity contribution in [2.24, 2.45) is 7.05 Å². The number of aryl methyl sites for hydroxylation is 1. The number of hydrogen-bond acceptors (Lipinski definition) is 4. The van der Waals surface area contributed by atoms with Gasteiger partial charge in [0.15, 0.2) is 5.69 Å². The largest absolute Gasteiger partial charge is 0.369 e. The highest BCUT2D eigenvalue weighted by Crippen LogP contribution is 2.34.